The number of amides is 1. The summed E-state index contributed by atoms with van der Waals surface area (Å²) in [5.74, 6) is 1.87. The van der Waals surface area contributed by atoms with E-state index in [0.717, 1.165) is 23.6 Å². The van der Waals surface area contributed by atoms with Gasteiger partial charge in [-0.25, -0.2) is 0 Å². The predicted molar refractivity (Wildman–Crippen MR) is 90.1 cm³/mol. The number of nitrogens with zero attached hydrogens (tertiary/aromatic N) is 1. The summed E-state index contributed by atoms with van der Waals surface area (Å²) in [6, 6.07) is 11.8. The second-order valence-corrected chi connectivity index (χ2v) is 7.75. The highest BCUT2D eigenvalue weighted by atomic mass is 32.2. The zero-order chi connectivity index (χ0) is 15.7. The van der Waals surface area contributed by atoms with Crippen molar-refractivity contribution in [1.82, 2.24) is 4.90 Å². The quantitative estimate of drug-likeness (QED) is 0.820. The van der Waals surface area contributed by atoms with Crippen molar-refractivity contribution in [3.8, 4) is 0 Å². The Hall–Kier alpha value is -1.68. The Morgan fingerprint density at radius 2 is 1.95 bits per heavy atom. The first-order valence-electron chi connectivity index (χ1n) is 7.53. The van der Waals surface area contributed by atoms with Crippen LogP contribution in [0, 0.1) is 0 Å². The molecule has 0 bridgehead atoms. The molecule has 1 aromatic heterocycles. The smallest absolute Gasteiger partial charge is 0.255 e. The molecule has 1 aromatic carbocycles. The molecule has 1 saturated heterocycles. The van der Waals surface area contributed by atoms with Crippen molar-refractivity contribution < 1.29 is 9.21 Å². The Kier molecular flexibility index (Phi) is 4.04. The summed E-state index contributed by atoms with van der Waals surface area (Å²) in [7, 11) is 0. The van der Waals surface area contributed by atoms with Gasteiger partial charge in [-0.2, -0.15) is 0 Å². The third-order valence-corrected chi connectivity index (χ3v) is 5.16. The number of rotatable bonds is 2. The second-order valence-electron chi connectivity index (χ2n) is 6.56. The minimum Gasteiger partial charge on any atom is -0.466 e. The van der Waals surface area contributed by atoms with Gasteiger partial charge in [-0.1, -0.05) is 32.9 Å². The molecule has 1 aliphatic heterocycles. The molecule has 4 heteroatoms. The summed E-state index contributed by atoms with van der Waals surface area (Å²) >= 11 is 1.75. The van der Waals surface area contributed by atoms with Gasteiger partial charge in [-0.15, -0.1) is 11.8 Å². The fraction of sp³-hybridized carbons (Fsp3) is 0.389. The van der Waals surface area contributed by atoms with Gasteiger partial charge in [-0.05, 0) is 35.2 Å². The van der Waals surface area contributed by atoms with Crippen molar-refractivity contribution >= 4 is 17.7 Å². The fourth-order valence-corrected chi connectivity index (χ4v) is 3.83. The lowest BCUT2D eigenvalue weighted by molar-refractivity contribution is 0.0749. The molecule has 116 valence electrons. The maximum absolute atomic E-state index is 12.8. The average molecular weight is 315 g/mol. The molecule has 1 atom stereocenters. The highest BCUT2D eigenvalue weighted by Gasteiger charge is 2.33. The second kappa shape index (κ2) is 5.84. The molecule has 0 unspecified atom stereocenters. The average Bonchev–Trinajstić information content (AvgIpc) is 3.16. The van der Waals surface area contributed by atoms with Crippen LogP contribution in [0.3, 0.4) is 0 Å². The van der Waals surface area contributed by atoms with Crippen LogP contribution in [0.15, 0.2) is 47.1 Å². The van der Waals surface area contributed by atoms with Crippen molar-refractivity contribution in [2.24, 2.45) is 0 Å². The number of thioether (sulfide) groups is 1. The van der Waals surface area contributed by atoms with Crippen LogP contribution in [-0.4, -0.2) is 23.1 Å². The van der Waals surface area contributed by atoms with E-state index in [0.29, 0.717) is 0 Å². The SMILES string of the molecule is CC(C)(C)c1ccc(C(=O)N2CCS[C@@H]2c2ccco2)cc1. The molecule has 3 nitrogen and oxygen atoms in total. The Morgan fingerprint density at radius 1 is 1.23 bits per heavy atom. The molecule has 0 N–H and O–H groups in total. The van der Waals surface area contributed by atoms with Crippen LogP contribution in [-0.2, 0) is 5.41 Å². The molecule has 1 amide bonds. The van der Waals surface area contributed by atoms with Crippen LogP contribution in [0.1, 0.15) is 47.8 Å². The molecular weight excluding hydrogens is 294 g/mol. The normalized spacial score (nSPS) is 18.7. The first kappa shape index (κ1) is 15.2. The van der Waals surface area contributed by atoms with Crippen LogP contribution in [0.25, 0.3) is 0 Å². The van der Waals surface area contributed by atoms with E-state index in [1.807, 2.05) is 29.2 Å². The van der Waals surface area contributed by atoms with Crippen molar-refractivity contribution in [2.75, 3.05) is 12.3 Å². The van der Waals surface area contributed by atoms with Crippen molar-refractivity contribution in [3.05, 3.63) is 59.5 Å². The van der Waals surface area contributed by atoms with Crippen LogP contribution >= 0.6 is 11.8 Å². The van der Waals surface area contributed by atoms with Crippen LogP contribution < -0.4 is 0 Å². The standard InChI is InChI=1S/C18H21NO2S/c1-18(2,3)14-8-6-13(7-9-14)16(20)19-10-12-22-17(19)15-5-4-11-21-15/h4-9,11,17H,10,12H2,1-3H3/t17-/m1/s1. The lowest BCUT2D eigenvalue weighted by Crippen LogP contribution is -2.30. The van der Waals surface area contributed by atoms with Crippen LogP contribution in [0.2, 0.25) is 0 Å². The maximum Gasteiger partial charge on any atom is 0.255 e. The summed E-state index contributed by atoms with van der Waals surface area (Å²) in [6.45, 7) is 7.28. The summed E-state index contributed by atoms with van der Waals surface area (Å²) in [5.41, 5.74) is 2.08. The molecule has 1 fully saturated rings. The maximum atomic E-state index is 12.8. The Labute approximate surface area is 135 Å². The number of hydrogen-bond acceptors (Lipinski definition) is 3. The van der Waals surface area contributed by atoms with Crippen molar-refractivity contribution in [3.63, 3.8) is 0 Å². The van der Waals surface area contributed by atoms with E-state index in [1.54, 1.807) is 18.0 Å². The molecule has 0 aliphatic carbocycles. The van der Waals surface area contributed by atoms with Gasteiger partial charge in [0, 0.05) is 17.9 Å². The fourth-order valence-electron chi connectivity index (χ4n) is 2.62. The molecule has 22 heavy (non-hydrogen) atoms. The number of furan rings is 1. The molecule has 0 saturated carbocycles. The third-order valence-electron chi connectivity index (χ3n) is 3.94. The van der Waals surface area contributed by atoms with E-state index in [9.17, 15) is 4.79 Å². The topological polar surface area (TPSA) is 33.5 Å². The number of hydrogen-bond donors (Lipinski definition) is 0. The predicted octanol–water partition coefficient (Wildman–Crippen LogP) is 4.46. The molecule has 0 radical (unpaired) electrons. The van der Waals surface area contributed by atoms with Gasteiger partial charge >= 0.3 is 0 Å². The summed E-state index contributed by atoms with van der Waals surface area (Å²) < 4.78 is 5.48. The summed E-state index contributed by atoms with van der Waals surface area (Å²) in [5, 5.41) is -0.00945. The van der Waals surface area contributed by atoms with E-state index < -0.39 is 0 Å². The highest BCUT2D eigenvalue weighted by Crippen LogP contribution is 2.39. The largest absolute Gasteiger partial charge is 0.466 e. The molecular formula is C18H21NO2S. The number of carbonyl (C=O) groups is 1. The van der Waals surface area contributed by atoms with E-state index in [1.165, 1.54) is 5.56 Å². The molecule has 2 heterocycles. The number of benzene rings is 1. The van der Waals surface area contributed by atoms with Gasteiger partial charge in [0.1, 0.15) is 11.1 Å². The van der Waals surface area contributed by atoms with E-state index in [2.05, 4.69) is 32.9 Å². The first-order valence-corrected chi connectivity index (χ1v) is 8.58. The minimum atomic E-state index is -0.00945. The lowest BCUT2D eigenvalue weighted by Gasteiger charge is -2.23. The zero-order valence-corrected chi connectivity index (χ0v) is 14.0. The number of carbonyl (C=O) groups excluding carboxylic acids is 1. The Balaban J connectivity index is 1.81. The van der Waals surface area contributed by atoms with Crippen molar-refractivity contribution in [2.45, 2.75) is 31.6 Å². The summed E-state index contributed by atoms with van der Waals surface area (Å²) in [4.78, 5) is 14.7. The lowest BCUT2D eigenvalue weighted by atomic mass is 9.86. The van der Waals surface area contributed by atoms with E-state index >= 15 is 0 Å². The Morgan fingerprint density at radius 3 is 2.55 bits per heavy atom. The first-order chi connectivity index (χ1) is 10.5. The molecule has 2 aromatic rings. The molecule has 3 rings (SSSR count). The van der Waals surface area contributed by atoms with E-state index in [4.69, 9.17) is 4.42 Å². The van der Waals surface area contributed by atoms with Gasteiger partial charge in [-0.3, -0.25) is 4.79 Å². The molecule has 0 spiro atoms. The van der Waals surface area contributed by atoms with Gasteiger partial charge in [0.25, 0.3) is 5.91 Å². The highest BCUT2D eigenvalue weighted by molar-refractivity contribution is 7.99. The summed E-state index contributed by atoms with van der Waals surface area (Å²) in [6.07, 6.45) is 1.66. The third kappa shape index (κ3) is 2.93. The molecule has 1 aliphatic rings. The minimum absolute atomic E-state index is 0.00945. The van der Waals surface area contributed by atoms with Gasteiger partial charge in [0.15, 0.2) is 0 Å². The van der Waals surface area contributed by atoms with Gasteiger partial charge < -0.3 is 9.32 Å². The Bertz CT molecular complexity index is 641. The van der Waals surface area contributed by atoms with E-state index in [-0.39, 0.29) is 16.7 Å². The van der Waals surface area contributed by atoms with Crippen LogP contribution in [0.5, 0.6) is 0 Å². The van der Waals surface area contributed by atoms with Gasteiger partial charge in [0.05, 0.1) is 6.26 Å². The monoisotopic (exact) mass is 315 g/mol. The van der Waals surface area contributed by atoms with Gasteiger partial charge in [0.2, 0.25) is 0 Å². The van der Waals surface area contributed by atoms with Crippen LogP contribution in [0.4, 0.5) is 0 Å². The van der Waals surface area contributed by atoms with Crippen molar-refractivity contribution in [1.29, 1.82) is 0 Å². The zero-order valence-electron chi connectivity index (χ0n) is 13.2.